The molecule has 0 aliphatic heterocycles. The second-order valence-electron chi connectivity index (χ2n) is 4.66. The van der Waals surface area contributed by atoms with E-state index in [4.69, 9.17) is 0 Å². The molecular weight excluding hydrogens is 212 g/mol. The second kappa shape index (κ2) is 3.80. The third kappa shape index (κ3) is 1.75. The number of fused-ring (bicyclic) bond motifs is 3. The molecule has 0 aliphatic rings. The smallest absolute Gasteiger partial charge is 0.166 e. The molecule has 17 heavy (non-hydrogen) atoms. The highest BCUT2D eigenvalue weighted by Gasteiger charge is 2.08. The van der Waals surface area contributed by atoms with Crippen molar-refractivity contribution in [2.75, 3.05) is 0 Å². The lowest BCUT2D eigenvalue weighted by Gasteiger charge is -1.96. The minimum atomic E-state index is 0.562. The molecule has 0 amide bonds. The van der Waals surface area contributed by atoms with Crippen LogP contribution in [0.2, 0.25) is 0 Å². The predicted molar refractivity (Wildman–Crippen MR) is 66.8 cm³/mol. The van der Waals surface area contributed by atoms with Gasteiger partial charge >= 0.3 is 0 Å². The molecule has 0 N–H and O–H groups in total. The Bertz CT molecular complexity index is 669. The SMILES string of the molecule is CC(C)Cc1nc2c3ccccc3ncn2n1. The third-order valence-corrected chi connectivity index (χ3v) is 2.72. The van der Waals surface area contributed by atoms with E-state index in [1.807, 2.05) is 24.3 Å². The van der Waals surface area contributed by atoms with E-state index in [2.05, 4.69) is 28.9 Å². The van der Waals surface area contributed by atoms with Gasteiger partial charge in [0.2, 0.25) is 0 Å². The van der Waals surface area contributed by atoms with Crippen LogP contribution >= 0.6 is 0 Å². The Kier molecular flexibility index (Phi) is 2.28. The van der Waals surface area contributed by atoms with Crippen molar-refractivity contribution in [3.63, 3.8) is 0 Å². The molecule has 2 heterocycles. The summed E-state index contributed by atoms with van der Waals surface area (Å²) >= 11 is 0. The fourth-order valence-corrected chi connectivity index (χ4v) is 1.98. The fourth-order valence-electron chi connectivity index (χ4n) is 1.98. The number of hydrogen-bond donors (Lipinski definition) is 0. The molecule has 1 aromatic carbocycles. The van der Waals surface area contributed by atoms with Crippen molar-refractivity contribution in [1.29, 1.82) is 0 Å². The van der Waals surface area contributed by atoms with E-state index in [1.54, 1.807) is 10.8 Å². The maximum Gasteiger partial charge on any atom is 0.166 e. The van der Waals surface area contributed by atoms with Crippen molar-refractivity contribution >= 4 is 16.6 Å². The van der Waals surface area contributed by atoms with Crippen LogP contribution in [0.3, 0.4) is 0 Å². The average Bonchev–Trinajstić information content (AvgIpc) is 2.70. The predicted octanol–water partition coefficient (Wildman–Crippen LogP) is 2.48. The van der Waals surface area contributed by atoms with E-state index in [1.165, 1.54) is 0 Å². The first kappa shape index (κ1) is 10.2. The molecule has 0 spiro atoms. The number of para-hydroxylation sites is 1. The van der Waals surface area contributed by atoms with Crippen LogP contribution in [0.1, 0.15) is 19.7 Å². The van der Waals surface area contributed by atoms with E-state index in [0.29, 0.717) is 5.92 Å². The van der Waals surface area contributed by atoms with Crippen LogP contribution in [-0.2, 0) is 6.42 Å². The van der Waals surface area contributed by atoms with Gasteiger partial charge in [-0.1, -0.05) is 26.0 Å². The number of rotatable bonds is 2. The van der Waals surface area contributed by atoms with E-state index in [0.717, 1.165) is 28.8 Å². The molecule has 3 aromatic rings. The Morgan fingerprint density at radius 2 is 2.06 bits per heavy atom. The zero-order chi connectivity index (χ0) is 11.8. The normalized spacial score (nSPS) is 11.7. The van der Waals surface area contributed by atoms with Crippen LogP contribution < -0.4 is 0 Å². The molecular formula is C13H14N4. The van der Waals surface area contributed by atoms with Crippen LogP contribution in [0.4, 0.5) is 0 Å². The summed E-state index contributed by atoms with van der Waals surface area (Å²) in [6.45, 7) is 4.34. The molecule has 3 rings (SSSR count). The van der Waals surface area contributed by atoms with Gasteiger partial charge in [-0.05, 0) is 18.1 Å². The monoisotopic (exact) mass is 226 g/mol. The van der Waals surface area contributed by atoms with Crippen LogP contribution in [0.15, 0.2) is 30.6 Å². The van der Waals surface area contributed by atoms with Crippen molar-refractivity contribution in [1.82, 2.24) is 19.6 Å². The van der Waals surface area contributed by atoms with Crippen LogP contribution in [0, 0.1) is 5.92 Å². The van der Waals surface area contributed by atoms with Crippen molar-refractivity contribution < 1.29 is 0 Å². The van der Waals surface area contributed by atoms with Crippen molar-refractivity contribution in [2.45, 2.75) is 20.3 Å². The standard InChI is InChI=1S/C13H14N4/c1-9(2)7-12-15-13-10-5-3-4-6-11(10)14-8-17(13)16-12/h3-6,8-9H,7H2,1-2H3. The van der Waals surface area contributed by atoms with Gasteiger partial charge in [-0.3, -0.25) is 0 Å². The molecule has 0 radical (unpaired) electrons. The van der Waals surface area contributed by atoms with Gasteiger partial charge in [0.1, 0.15) is 6.33 Å². The van der Waals surface area contributed by atoms with Gasteiger partial charge in [-0.15, -0.1) is 5.10 Å². The van der Waals surface area contributed by atoms with Crippen molar-refractivity contribution in [3.8, 4) is 0 Å². The highest BCUT2D eigenvalue weighted by Crippen LogP contribution is 2.16. The lowest BCUT2D eigenvalue weighted by molar-refractivity contribution is 0.620. The van der Waals surface area contributed by atoms with Gasteiger partial charge < -0.3 is 0 Å². The molecule has 4 nitrogen and oxygen atoms in total. The van der Waals surface area contributed by atoms with Gasteiger partial charge in [-0.2, -0.15) is 0 Å². The molecule has 86 valence electrons. The highest BCUT2D eigenvalue weighted by molar-refractivity contribution is 5.90. The van der Waals surface area contributed by atoms with Gasteiger partial charge in [-0.25, -0.2) is 14.5 Å². The summed E-state index contributed by atoms with van der Waals surface area (Å²) in [5.41, 5.74) is 1.86. The molecule has 0 atom stereocenters. The number of benzene rings is 1. The molecule has 0 saturated carbocycles. The summed E-state index contributed by atoms with van der Waals surface area (Å²) in [6.07, 6.45) is 2.63. The van der Waals surface area contributed by atoms with Gasteiger partial charge in [0.15, 0.2) is 11.5 Å². The van der Waals surface area contributed by atoms with Gasteiger partial charge in [0.25, 0.3) is 0 Å². The first-order valence-corrected chi connectivity index (χ1v) is 5.83. The Morgan fingerprint density at radius 3 is 2.88 bits per heavy atom. The quantitative estimate of drug-likeness (QED) is 0.674. The lowest BCUT2D eigenvalue weighted by Crippen LogP contribution is -1.96. The van der Waals surface area contributed by atoms with Gasteiger partial charge in [0, 0.05) is 11.8 Å². The third-order valence-electron chi connectivity index (χ3n) is 2.72. The van der Waals surface area contributed by atoms with E-state index in [-0.39, 0.29) is 0 Å². The van der Waals surface area contributed by atoms with E-state index < -0.39 is 0 Å². The summed E-state index contributed by atoms with van der Waals surface area (Å²) in [4.78, 5) is 8.96. The van der Waals surface area contributed by atoms with Crippen LogP contribution in [0.5, 0.6) is 0 Å². The second-order valence-corrected chi connectivity index (χ2v) is 4.66. The zero-order valence-corrected chi connectivity index (χ0v) is 9.96. The first-order valence-electron chi connectivity index (χ1n) is 5.83. The number of hydrogen-bond acceptors (Lipinski definition) is 3. The largest absolute Gasteiger partial charge is 0.236 e. The minimum absolute atomic E-state index is 0.562. The van der Waals surface area contributed by atoms with Crippen molar-refractivity contribution in [3.05, 3.63) is 36.4 Å². The molecule has 4 heteroatoms. The summed E-state index contributed by atoms with van der Waals surface area (Å²) in [7, 11) is 0. The van der Waals surface area contributed by atoms with E-state index in [9.17, 15) is 0 Å². The molecule has 2 aromatic heterocycles. The summed E-state index contributed by atoms with van der Waals surface area (Å²) < 4.78 is 1.76. The summed E-state index contributed by atoms with van der Waals surface area (Å²) in [5, 5.41) is 5.50. The van der Waals surface area contributed by atoms with Crippen LogP contribution in [-0.4, -0.2) is 19.6 Å². The van der Waals surface area contributed by atoms with Crippen LogP contribution in [0.25, 0.3) is 16.6 Å². The molecule has 0 bridgehead atoms. The van der Waals surface area contributed by atoms with Gasteiger partial charge in [0.05, 0.1) is 5.52 Å². The molecule has 0 aliphatic carbocycles. The zero-order valence-electron chi connectivity index (χ0n) is 9.96. The highest BCUT2D eigenvalue weighted by atomic mass is 15.3. The lowest BCUT2D eigenvalue weighted by atomic mass is 10.1. The Labute approximate surface area is 99.3 Å². The molecule has 0 unspecified atom stereocenters. The topological polar surface area (TPSA) is 43.1 Å². The summed E-state index contributed by atoms with van der Waals surface area (Å²) in [5.74, 6) is 1.45. The number of nitrogens with zero attached hydrogens (tertiary/aromatic N) is 4. The molecule has 0 fully saturated rings. The molecule has 0 saturated heterocycles. The fraction of sp³-hybridized carbons (Fsp3) is 0.308. The maximum atomic E-state index is 4.59. The Hall–Kier alpha value is -1.97. The average molecular weight is 226 g/mol. The maximum absolute atomic E-state index is 4.59. The first-order chi connectivity index (χ1) is 8.24. The Morgan fingerprint density at radius 1 is 1.24 bits per heavy atom. The van der Waals surface area contributed by atoms with Crippen molar-refractivity contribution in [2.24, 2.45) is 5.92 Å². The van der Waals surface area contributed by atoms with E-state index >= 15 is 0 Å². The minimum Gasteiger partial charge on any atom is -0.236 e. The summed E-state index contributed by atoms with van der Waals surface area (Å²) in [6, 6.07) is 8.01. The number of aromatic nitrogens is 4. The Balaban J connectivity index is 2.24.